The van der Waals surface area contributed by atoms with E-state index >= 15 is 0 Å². The molecule has 0 aliphatic rings. The Morgan fingerprint density at radius 3 is 2.68 bits per heavy atom. The summed E-state index contributed by atoms with van der Waals surface area (Å²) in [6.45, 7) is 2.28. The standard InChI is InChI=1S/C16H18ClNO3S/c1-10(14-6-7-15(17)22-14)16(20)18(2)9-11-4-5-13(21-3)12(19)8-11/h4-8,10,19H,9H2,1-3H3/t10-/m0/s1. The third-order valence-electron chi connectivity index (χ3n) is 3.43. The monoisotopic (exact) mass is 339 g/mol. The second-order valence-electron chi connectivity index (χ2n) is 5.06. The van der Waals surface area contributed by atoms with Crippen LogP contribution >= 0.6 is 22.9 Å². The first-order chi connectivity index (χ1) is 10.4. The van der Waals surface area contributed by atoms with Crippen LogP contribution in [0.25, 0.3) is 0 Å². The fraction of sp³-hybridized carbons (Fsp3) is 0.312. The average Bonchev–Trinajstić information content (AvgIpc) is 2.92. The first-order valence-electron chi connectivity index (χ1n) is 6.78. The van der Waals surface area contributed by atoms with Crippen LogP contribution in [0.5, 0.6) is 11.5 Å². The molecule has 1 amide bonds. The summed E-state index contributed by atoms with van der Waals surface area (Å²) in [7, 11) is 3.24. The van der Waals surface area contributed by atoms with Crippen molar-refractivity contribution < 1.29 is 14.6 Å². The number of hydrogen-bond donors (Lipinski definition) is 1. The molecule has 0 saturated heterocycles. The van der Waals surface area contributed by atoms with Crippen molar-refractivity contribution in [2.24, 2.45) is 0 Å². The highest BCUT2D eigenvalue weighted by Gasteiger charge is 2.21. The second kappa shape index (κ2) is 7.03. The Bertz CT molecular complexity index is 671. The van der Waals surface area contributed by atoms with Crippen molar-refractivity contribution in [2.45, 2.75) is 19.4 Å². The molecule has 1 aromatic carbocycles. The number of benzene rings is 1. The highest BCUT2D eigenvalue weighted by Crippen LogP contribution is 2.30. The Kier molecular flexibility index (Phi) is 5.32. The minimum atomic E-state index is -0.241. The molecule has 1 heterocycles. The molecule has 0 spiro atoms. The fourth-order valence-corrected chi connectivity index (χ4v) is 3.30. The molecule has 0 aliphatic carbocycles. The van der Waals surface area contributed by atoms with Gasteiger partial charge >= 0.3 is 0 Å². The number of thiophene rings is 1. The van der Waals surface area contributed by atoms with Gasteiger partial charge in [0.25, 0.3) is 0 Å². The lowest BCUT2D eigenvalue weighted by molar-refractivity contribution is -0.131. The number of nitrogens with zero attached hydrogens (tertiary/aromatic N) is 1. The number of carbonyl (C=O) groups is 1. The van der Waals surface area contributed by atoms with Gasteiger partial charge in [-0.15, -0.1) is 11.3 Å². The molecule has 118 valence electrons. The van der Waals surface area contributed by atoms with E-state index in [2.05, 4.69) is 0 Å². The van der Waals surface area contributed by atoms with E-state index in [1.54, 1.807) is 30.1 Å². The van der Waals surface area contributed by atoms with Crippen LogP contribution in [0.2, 0.25) is 4.34 Å². The van der Waals surface area contributed by atoms with Gasteiger partial charge in [0.15, 0.2) is 11.5 Å². The summed E-state index contributed by atoms with van der Waals surface area (Å²) in [5, 5.41) is 9.79. The zero-order valence-electron chi connectivity index (χ0n) is 12.7. The van der Waals surface area contributed by atoms with Crippen molar-refractivity contribution in [1.29, 1.82) is 0 Å². The summed E-state index contributed by atoms with van der Waals surface area (Å²) < 4.78 is 5.69. The second-order valence-corrected chi connectivity index (χ2v) is 6.81. The number of phenolic OH excluding ortho intramolecular Hbond substituents is 1. The van der Waals surface area contributed by atoms with Crippen LogP contribution in [-0.2, 0) is 11.3 Å². The van der Waals surface area contributed by atoms with Gasteiger partial charge in [-0.2, -0.15) is 0 Å². The maximum Gasteiger partial charge on any atom is 0.230 e. The molecule has 0 radical (unpaired) electrons. The van der Waals surface area contributed by atoms with E-state index in [1.165, 1.54) is 18.4 Å². The van der Waals surface area contributed by atoms with Crippen LogP contribution in [0.3, 0.4) is 0 Å². The smallest absolute Gasteiger partial charge is 0.230 e. The van der Waals surface area contributed by atoms with Crippen molar-refractivity contribution in [3.63, 3.8) is 0 Å². The molecule has 1 aromatic heterocycles. The van der Waals surface area contributed by atoms with E-state index in [9.17, 15) is 9.90 Å². The maximum atomic E-state index is 12.5. The van der Waals surface area contributed by atoms with Crippen LogP contribution in [-0.4, -0.2) is 30.1 Å². The summed E-state index contributed by atoms with van der Waals surface area (Å²) in [6, 6.07) is 8.80. The van der Waals surface area contributed by atoms with Gasteiger partial charge in [-0.05, 0) is 36.8 Å². The summed E-state index contributed by atoms with van der Waals surface area (Å²) in [6.07, 6.45) is 0. The molecule has 6 heteroatoms. The predicted molar refractivity (Wildman–Crippen MR) is 88.9 cm³/mol. The molecule has 0 aliphatic heterocycles. The zero-order chi connectivity index (χ0) is 16.3. The number of rotatable bonds is 5. The zero-order valence-corrected chi connectivity index (χ0v) is 14.2. The Labute approximate surface area is 138 Å². The van der Waals surface area contributed by atoms with Gasteiger partial charge in [-0.1, -0.05) is 17.7 Å². The third kappa shape index (κ3) is 3.72. The molecule has 4 nitrogen and oxygen atoms in total. The van der Waals surface area contributed by atoms with Crippen LogP contribution in [0, 0.1) is 0 Å². The quantitative estimate of drug-likeness (QED) is 0.899. The summed E-state index contributed by atoms with van der Waals surface area (Å²) in [5.74, 6) is 0.251. The van der Waals surface area contributed by atoms with E-state index in [0.717, 1.165) is 10.4 Å². The Balaban J connectivity index is 2.06. The number of hydrogen-bond acceptors (Lipinski definition) is 4. The Morgan fingerprint density at radius 1 is 1.41 bits per heavy atom. The van der Waals surface area contributed by atoms with Crippen molar-refractivity contribution in [2.75, 3.05) is 14.2 Å². The molecule has 1 atom stereocenters. The SMILES string of the molecule is COc1ccc(CN(C)C(=O)[C@@H](C)c2ccc(Cl)s2)cc1O. The van der Waals surface area contributed by atoms with Crippen LogP contribution in [0.15, 0.2) is 30.3 Å². The Morgan fingerprint density at radius 2 is 2.14 bits per heavy atom. The number of carbonyl (C=O) groups excluding carboxylic acids is 1. The average molecular weight is 340 g/mol. The van der Waals surface area contributed by atoms with Gasteiger partial charge in [-0.25, -0.2) is 0 Å². The van der Waals surface area contributed by atoms with Gasteiger partial charge in [0.2, 0.25) is 5.91 Å². The topological polar surface area (TPSA) is 49.8 Å². The number of ether oxygens (including phenoxy) is 1. The molecule has 2 rings (SSSR count). The first kappa shape index (κ1) is 16.6. The van der Waals surface area contributed by atoms with E-state index < -0.39 is 0 Å². The molecular weight excluding hydrogens is 322 g/mol. The lowest BCUT2D eigenvalue weighted by Gasteiger charge is -2.21. The molecule has 0 saturated carbocycles. The minimum absolute atomic E-state index is 0.00817. The van der Waals surface area contributed by atoms with Crippen molar-refractivity contribution in [1.82, 2.24) is 4.90 Å². The number of halogens is 1. The van der Waals surface area contributed by atoms with E-state index in [4.69, 9.17) is 16.3 Å². The predicted octanol–water partition coefficient (Wildman–Crippen LogP) is 3.88. The first-order valence-corrected chi connectivity index (χ1v) is 7.98. The van der Waals surface area contributed by atoms with Crippen LogP contribution in [0.1, 0.15) is 23.3 Å². The normalized spacial score (nSPS) is 12.0. The van der Waals surface area contributed by atoms with Gasteiger partial charge in [0.05, 0.1) is 17.4 Å². The highest BCUT2D eigenvalue weighted by molar-refractivity contribution is 7.16. The minimum Gasteiger partial charge on any atom is -0.504 e. The molecule has 22 heavy (non-hydrogen) atoms. The van der Waals surface area contributed by atoms with Gasteiger partial charge in [0.1, 0.15) is 0 Å². The van der Waals surface area contributed by atoms with Crippen LogP contribution in [0.4, 0.5) is 0 Å². The molecule has 0 unspecified atom stereocenters. The van der Waals surface area contributed by atoms with E-state index in [1.807, 2.05) is 19.1 Å². The number of likely N-dealkylation sites (N-methyl/N-ethyl adjacent to an activating group) is 1. The van der Waals surface area contributed by atoms with Crippen molar-refractivity contribution in [3.8, 4) is 11.5 Å². The van der Waals surface area contributed by atoms with Gasteiger partial charge in [0, 0.05) is 18.5 Å². The molecular formula is C16H18ClNO3S. The van der Waals surface area contributed by atoms with Gasteiger partial charge < -0.3 is 14.7 Å². The molecule has 0 fully saturated rings. The van der Waals surface area contributed by atoms with Gasteiger partial charge in [-0.3, -0.25) is 4.79 Å². The highest BCUT2D eigenvalue weighted by atomic mass is 35.5. The lowest BCUT2D eigenvalue weighted by atomic mass is 10.1. The molecule has 1 N–H and O–H groups in total. The van der Waals surface area contributed by atoms with Crippen molar-refractivity contribution >= 4 is 28.8 Å². The molecule has 0 bridgehead atoms. The van der Waals surface area contributed by atoms with E-state index in [0.29, 0.717) is 16.6 Å². The number of aromatic hydroxyl groups is 1. The summed E-state index contributed by atoms with van der Waals surface area (Å²) in [5.41, 5.74) is 0.838. The fourth-order valence-electron chi connectivity index (χ4n) is 2.20. The van der Waals surface area contributed by atoms with E-state index in [-0.39, 0.29) is 17.6 Å². The lowest BCUT2D eigenvalue weighted by Crippen LogP contribution is -2.29. The summed E-state index contributed by atoms with van der Waals surface area (Å²) in [4.78, 5) is 15.0. The van der Waals surface area contributed by atoms with Crippen molar-refractivity contribution in [3.05, 3.63) is 45.1 Å². The maximum absolute atomic E-state index is 12.5. The molecule has 2 aromatic rings. The third-order valence-corrected chi connectivity index (χ3v) is 4.84. The number of phenols is 1. The number of methoxy groups -OCH3 is 1. The summed E-state index contributed by atoms with van der Waals surface area (Å²) >= 11 is 7.34. The van der Waals surface area contributed by atoms with Crippen LogP contribution < -0.4 is 4.74 Å². The largest absolute Gasteiger partial charge is 0.504 e. The number of amides is 1. The Hall–Kier alpha value is -1.72.